The fraction of sp³-hybridized carbons (Fsp3) is 0.533. The van der Waals surface area contributed by atoms with Crippen molar-refractivity contribution in [2.45, 2.75) is 38.0 Å². The summed E-state index contributed by atoms with van der Waals surface area (Å²) in [6, 6.07) is 8.13. The van der Waals surface area contributed by atoms with Crippen LogP contribution >= 0.6 is 11.6 Å². The predicted octanol–water partition coefficient (Wildman–Crippen LogP) is 3.94. The van der Waals surface area contributed by atoms with Crippen molar-refractivity contribution in [2.75, 3.05) is 18.0 Å². The summed E-state index contributed by atoms with van der Waals surface area (Å²) in [7, 11) is 0. The lowest BCUT2D eigenvalue weighted by atomic mass is 10.1. The van der Waals surface area contributed by atoms with Crippen LogP contribution in [0.25, 0.3) is 0 Å². The molecule has 1 unspecified atom stereocenters. The highest BCUT2D eigenvalue weighted by atomic mass is 35.5. The Bertz CT molecular complexity index is 395. The molecule has 98 valence electrons. The summed E-state index contributed by atoms with van der Waals surface area (Å²) in [6.07, 6.45) is 4.37. The Labute approximate surface area is 114 Å². The van der Waals surface area contributed by atoms with E-state index in [1.54, 1.807) is 0 Å². The van der Waals surface area contributed by atoms with Crippen molar-refractivity contribution in [1.29, 1.82) is 0 Å². The number of ketones is 1. The molecule has 2 rings (SSSR count). The minimum Gasteiger partial charge on any atom is -0.372 e. The molecule has 1 saturated heterocycles. The maximum Gasteiger partial charge on any atom is 0.154 e. The zero-order valence-corrected chi connectivity index (χ0v) is 11.6. The van der Waals surface area contributed by atoms with E-state index in [4.69, 9.17) is 11.6 Å². The molecule has 1 atom stereocenters. The summed E-state index contributed by atoms with van der Waals surface area (Å²) >= 11 is 6.13. The maximum absolute atomic E-state index is 11.6. The van der Waals surface area contributed by atoms with Gasteiger partial charge in [0.05, 0.1) is 0 Å². The second kappa shape index (κ2) is 6.24. The summed E-state index contributed by atoms with van der Waals surface area (Å²) in [5.74, 6) is 0.0855. The van der Waals surface area contributed by atoms with Crippen molar-refractivity contribution in [3.05, 3.63) is 29.8 Å². The number of halogens is 1. The van der Waals surface area contributed by atoms with Gasteiger partial charge >= 0.3 is 0 Å². The van der Waals surface area contributed by atoms with E-state index in [1.165, 1.54) is 24.9 Å². The average Bonchev–Trinajstić information content (AvgIpc) is 2.47. The zero-order valence-electron chi connectivity index (χ0n) is 10.9. The van der Waals surface area contributed by atoms with E-state index in [0.29, 0.717) is 6.42 Å². The van der Waals surface area contributed by atoms with Gasteiger partial charge in [0, 0.05) is 25.2 Å². The largest absolute Gasteiger partial charge is 0.372 e. The molecule has 0 saturated carbocycles. The maximum atomic E-state index is 11.6. The molecular formula is C15H20ClNO. The van der Waals surface area contributed by atoms with Crippen LogP contribution < -0.4 is 4.90 Å². The third kappa shape index (κ3) is 3.05. The Morgan fingerprint density at radius 1 is 1.22 bits per heavy atom. The third-order valence-corrected chi connectivity index (χ3v) is 4.03. The normalized spacial score (nSPS) is 17.6. The molecule has 0 N–H and O–H groups in total. The number of hydrogen-bond acceptors (Lipinski definition) is 2. The van der Waals surface area contributed by atoms with Gasteiger partial charge in [-0.3, -0.25) is 4.79 Å². The molecule has 0 bridgehead atoms. The van der Waals surface area contributed by atoms with Crippen molar-refractivity contribution in [2.24, 2.45) is 0 Å². The van der Waals surface area contributed by atoms with Crippen LogP contribution in [0.4, 0.5) is 5.69 Å². The van der Waals surface area contributed by atoms with Crippen molar-refractivity contribution in [3.63, 3.8) is 0 Å². The SMILES string of the molecule is CCC(=O)C(Cl)c1ccc(N2CCCCC2)cc1. The molecular weight excluding hydrogens is 246 g/mol. The van der Waals surface area contributed by atoms with Crippen LogP contribution in [0.15, 0.2) is 24.3 Å². The Kier molecular flexibility index (Phi) is 4.65. The number of anilines is 1. The van der Waals surface area contributed by atoms with Crippen molar-refractivity contribution in [3.8, 4) is 0 Å². The lowest BCUT2D eigenvalue weighted by Crippen LogP contribution is -2.29. The Hall–Kier alpha value is -1.02. The molecule has 0 aromatic heterocycles. The quantitative estimate of drug-likeness (QED) is 0.769. The van der Waals surface area contributed by atoms with Crippen LogP contribution in [0.3, 0.4) is 0 Å². The molecule has 1 aliphatic rings. The van der Waals surface area contributed by atoms with Crippen LogP contribution in [0, 0.1) is 0 Å². The van der Waals surface area contributed by atoms with Crippen molar-refractivity contribution in [1.82, 2.24) is 0 Å². The van der Waals surface area contributed by atoms with Gasteiger partial charge in [0.15, 0.2) is 5.78 Å². The third-order valence-electron chi connectivity index (χ3n) is 3.54. The summed E-state index contributed by atoms with van der Waals surface area (Å²) < 4.78 is 0. The van der Waals surface area contributed by atoms with E-state index >= 15 is 0 Å². The number of Topliss-reactive ketones (excluding diaryl/α,β-unsaturated/α-hetero) is 1. The van der Waals surface area contributed by atoms with Gasteiger partial charge < -0.3 is 4.90 Å². The lowest BCUT2D eigenvalue weighted by molar-refractivity contribution is -0.118. The van der Waals surface area contributed by atoms with Gasteiger partial charge in [0.2, 0.25) is 0 Å². The van der Waals surface area contributed by atoms with Gasteiger partial charge in [0.1, 0.15) is 5.38 Å². The highest BCUT2D eigenvalue weighted by molar-refractivity contribution is 6.31. The fourth-order valence-electron chi connectivity index (χ4n) is 2.37. The second-order valence-corrected chi connectivity index (χ2v) is 5.26. The first-order valence-electron chi connectivity index (χ1n) is 6.74. The van der Waals surface area contributed by atoms with Crippen LogP contribution in [-0.4, -0.2) is 18.9 Å². The van der Waals surface area contributed by atoms with Gasteiger partial charge in [0.25, 0.3) is 0 Å². The van der Waals surface area contributed by atoms with E-state index < -0.39 is 5.38 Å². The Morgan fingerprint density at radius 3 is 2.39 bits per heavy atom. The standard InChI is InChI=1S/C15H20ClNO/c1-2-14(18)15(16)12-6-8-13(9-7-12)17-10-4-3-5-11-17/h6-9,15H,2-5,10-11H2,1H3. The first-order valence-corrected chi connectivity index (χ1v) is 7.17. The second-order valence-electron chi connectivity index (χ2n) is 4.82. The minimum atomic E-state index is -0.495. The molecule has 1 aromatic carbocycles. The van der Waals surface area contributed by atoms with E-state index in [0.717, 1.165) is 18.7 Å². The number of carbonyl (C=O) groups excluding carboxylic acids is 1. The summed E-state index contributed by atoms with van der Waals surface area (Å²) in [6.45, 7) is 4.12. The number of benzene rings is 1. The molecule has 1 aliphatic heterocycles. The lowest BCUT2D eigenvalue weighted by Gasteiger charge is -2.29. The molecule has 2 nitrogen and oxygen atoms in total. The van der Waals surface area contributed by atoms with Gasteiger partial charge in [-0.25, -0.2) is 0 Å². The molecule has 0 radical (unpaired) electrons. The smallest absolute Gasteiger partial charge is 0.154 e. The molecule has 1 fully saturated rings. The van der Waals surface area contributed by atoms with Crippen LogP contribution in [0.1, 0.15) is 43.5 Å². The molecule has 18 heavy (non-hydrogen) atoms. The van der Waals surface area contributed by atoms with E-state index in [1.807, 2.05) is 19.1 Å². The fourth-order valence-corrected chi connectivity index (χ4v) is 2.67. The summed E-state index contributed by atoms with van der Waals surface area (Å²) in [5.41, 5.74) is 2.15. The van der Waals surface area contributed by atoms with E-state index in [9.17, 15) is 4.79 Å². The number of piperidine rings is 1. The monoisotopic (exact) mass is 265 g/mol. The molecule has 1 heterocycles. The molecule has 0 amide bonds. The first-order chi connectivity index (χ1) is 8.72. The summed E-state index contributed by atoms with van der Waals surface area (Å²) in [5, 5.41) is -0.495. The zero-order chi connectivity index (χ0) is 13.0. The van der Waals surface area contributed by atoms with Gasteiger partial charge in [-0.2, -0.15) is 0 Å². The van der Waals surface area contributed by atoms with Crippen molar-refractivity contribution >= 4 is 23.1 Å². The van der Waals surface area contributed by atoms with Crippen LogP contribution in [0.5, 0.6) is 0 Å². The summed E-state index contributed by atoms with van der Waals surface area (Å²) in [4.78, 5) is 14.0. The number of nitrogens with zero attached hydrogens (tertiary/aromatic N) is 1. The molecule has 1 aromatic rings. The number of alkyl halides is 1. The molecule has 0 spiro atoms. The highest BCUT2D eigenvalue weighted by Crippen LogP contribution is 2.26. The van der Waals surface area contributed by atoms with Gasteiger partial charge in [-0.1, -0.05) is 19.1 Å². The van der Waals surface area contributed by atoms with Gasteiger partial charge in [-0.05, 0) is 37.0 Å². The number of hydrogen-bond donors (Lipinski definition) is 0. The van der Waals surface area contributed by atoms with Crippen LogP contribution in [0.2, 0.25) is 0 Å². The van der Waals surface area contributed by atoms with Crippen LogP contribution in [-0.2, 0) is 4.79 Å². The van der Waals surface area contributed by atoms with Crippen molar-refractivity contribution < 1.29 is 4.79 Å². The minimum absolute atomic E-state index is 0.0855. The highest BCUT2D eigenvalue weighted by Gasteiger charge is 2.16. The van der Waals surface area contributed by atoms with E-state index in [-0.39, 0.29) is 5.78 Å². The molecule has 0 aliphatic carbocycles. The topological polar surface area (TPSA) is 20.3 Å². The number of carbonyl (C=O) groups is 1. The van der Waals surface area contributed by atoms with Gasteiger partial charge in [-0.15, -0.1) is 11.6 Å². The number of rotatable bonds is 4. The average molecular weight is 266 g/mol. The Morgan fingerprint density at radius 2 is 1.83 bits per heavy atom. The first kappa shape index (κ1) is 13.4. The predicted molar refractivity (Wildman–Crippen MR) is 76.4 cm³/mol. The Balaban J connectivity index is 2.07. The van der Waals surface area contributed by atoms with E-state index in [2.05, 4.69) is 17.0 Å². The molecule has 3 heteroatoms.